The number of carboxylic acid groups (broad SMARTS) is 1. The van der Waals surface area contributed by atoms with Crippen molar-refractivity contribution >= 4 is 14.3 Å². The van der Waals surface area contributed by atoms with Crippen LogP contribution >= 0.6 is 0 Å². The van der Waals surface area contributed by atoms with Crippen LogP contribution in [0, 0.1) is 5.92 Å². The Bertz CT molecular complexity index is 294. The summed E-state index contributed by atoms with van der Waals surface area (Å²) in [5, 5.41) is 9.11. The Morgan fingerprint density at radius 2 is 1.94 bits per heavy atom. The monoisotopic (exact) mass is 272 g/mol. The van der Waals surface area contributed by atoms with E-state index in [1.807, 2.05) is 0 Å². The lowest BCUT2D eigenvalue weighted by Crippen LogP contribution is -2.45. The van der Waals surface area contributed by atoms with Gasteiger partial charge >= 0.3 is 5.97 Å². The van der Waals surface area contributed by atoms with Crippen molar-refractivity contribution in [2.75, 3.05) is 0 Å². The minimum atomic E-state index is -1.71. The Hall–Kier alpha value is -0.353. The normalized spacial score (nSPS) is 26.1. The average molecular weight is 272 g/mol. The van der Waals surface area contributed by atoms with Crippen LogP contribution < -0.4 is 0 Å². The molecule has 0 bridgehead atoms. The van der Waals surface area contributed by atoms with Gasteiger partial charge in [-0.2, -0.15) is 0 Å². The third-order valence-corrected chi connectivity index (χ3v) is 9.00. The fraction of sp³-hybridized carbons (Fsp3) is 0.929. The Kier molecular flexibility index (Phi) is 5.01. The first-order valence-electron chi connectivity index (χ1n) is 7.01. The molecule has 0 aromatic carbocycles. The Morgan fingerprint density at radius 3 is 2.44 bits per heavy atom. The third kappa shape index (κ3) is 4.39. The summed E-state index contributed by atoms with van der Waals surface area (Å²) < 4.78 is 6.40. The van der Waals surface area contributed by atoms with Crippen molar-refractivity contribution in [2.45, 2.75) is 77.1 Å². The van der Waals surface area contributed by atoms with Gasteiger partial charge in [-0.25, -0.2) is 0 Å². The van der Waals surface area contributed by atoms with E-state index in [9.17, 15) is 4.79 Å². The highest BCUT2D eigenvalue weighted by Crippen LogP contribution is 2.40. The fourth-order valence-corrected chi connectivity index (χ4v) is 3.78. The smallest absolute Gasteiger partial charge is 0.303 e. The van der Waals surface area contributed by atoms with Crippen LogP contribution in [0.15, 0.2) is 0 Å². The molecule has 0 radical (unpaired) electrons. The second kappa shape index (κ2) is 5.74. The molecule has 18 heavy (non-hydrogen) atoms. The number of aliphatic carboxylic acids is 1. The molecule has 0 aromatic rings. The van der Waals surface area contributed by atoms with E-state index in [2.05, 4.69) is 33.9 Å². The van der Waals surface area contributed by atoms with Gasteiger partial charge in [-0.3, -0.25) is 4.79 Å². The van der Waals surface area contributed by atoms with Gasteiger partial charge in [-0.15, -0.1) is 0 Å². The zero-order chi connectivity index (χ0) is 14.0. The highest BCUT2D eigenvalue weighted by Gasteiger charge is 2.40. The molecule has 0 aliphatic heterocycles. The summed E-state index contributed by atoms with van der Waals surface area (Å²) in [5.41, 5.74) is 0. The van der Waals surface area contributed by atoms with Gasteiger partial charge in [0.2, 0.25) is 0 Å². The molecule has 0 amide bonds. The van der Waals surface area contributed by atoms with E-state index in [4.69, 9.17) is 9.53 Å². The van der Waals surface area contributed by atoms with Gasteiger partial charge in [0.05, 0.1) is 0 Å². The van der Waals surface area contributed by atoms with Crippen molar-refractivity contribution in [3.8, 4) is 0 Å². The van der Waals surface area contributed by atoms with E-state index in [1.165, 1.54) is 0 Å². The molecule has 4 heteroatoms. The minimum absolute atomic E-state index is 0.229. The molecule has 0 saturated heterocycles. The predicted molar refractivity (Wildman–Crippen MR) is 76.3 cm³/mol. The maximum Gasteiger partial charge on any atom is 0.303 e. The van der Waals surface area contributed by atoms with Gasteiger partial charge in [-0.05, 0) is 43.3 Å². The zero-order valence-electron chi connectivity index (χ0n) is 12.5. The van der Waals surface area contributed by atoms with E-state index in [0.717, 1.165) is 25.7 Å². The molecule has 1 fully saturated rings. The SMILES string of the molecule is CC(C)(C)[Si](C)(C)O[C@H]1CCC[C@@H](CC(=O)O)C1. The van der Waals surface area contributed by atoms with Gasteiger partial charge in [0.15, 0.2) is 8.32 Å². The van der Waals surface area contributed by atoms with Crippen LogP contribution in [0.4, 0.5) is 0 Å². The van der Waals surface area contributed by atoms with Crippen LogP contribution in [-0.2, 0) is 9.22 Å². The lowest BCUT2D eigenvalue weighted by molar-refractivity contribution is -0.138. The number of carbonyl (C=O) groups is 1. The summed E-state index contributed by atoms with van der Waals surface area (Å²) in [7, 11) is -1.71. The third-order valence-electron chi connectivity index (χ3n) is 4.47. The maximum absolute atomic E-state index is 10.8. The van der Waals surface area contributed by atoms with Gasteiger partial charge in [0.1, 0.15) is 0 Å². The molecule has 1 aliphatic carbocycles. The maximum atomic E-state index is 10.8. The topological polar surface area (TPSA) is 46.5 Å². The second-order valence-corrected chi connectivity index (χ2v) is 11.9. The summed E-state index contributed by atoms with van der Waals surface area (Å²) in [4.78, 5) is 10.8. The van der Waals surface area contributed by atoms with E-state index >= 15 is 0 Å². The highest BCUT2D eigenvalue weighted by molar-refractivity contribution is 6.74. The van der Waals surface area contributed by atoms with Crippen molar-refractivity contribution in [3.63, 3.8) is 0 Å². The Labute approximate surface area is 112 Å². The molecule has 0 aromatic heterocycles. The van der Waals surface area contributed by atoms with Crippen molar-refractivity contribution in [3.05, 3.63) is 0 Å². The second-order valence-electron chi connectivity index (χ2n) is 7.13. The minimum Gasteiger partial charge on any atom is -0.481 e. The molecule has 0 spiro atoms. The van der Waals surface area contributed by atoms with E-state index in [0.29, 0.717) is 12.3 Å². The first-order chi connectivity index (χ1) is 8.12. The standard InChI is InChI=1S/C14H28O3Si/c1-14(2,3)18(4,5)17-12-8-6-7-11(9-12)10-13(15)16/h11-12H,6-10H2,1-5H3,(H,15,16)/t11-,12+/m1/s1. The number of hydrogen-bond donors (Lipinski definition) is 1. The summed E-state index contributed by atoms with van der Waals surface area (Å²) >= 11 is 0. The van der Waals surface area contributed by atoms with E-state index in [1.54, 1.807) is 0 Å². The summed E-state index contributed by atoms with van der Waals surface area (Å²) in [6, 6.07) is 0. The number of rotatable bonds is 4. The molecule has 1 saturated carbocycles. The molecule has 0 heterocycles. The first-order valence-corrected chi connectivity index (χ1v) is 9.92. The molecule has 106 valence electrons. The van der Waals surface area contributed by atoms with Crippen molar-refractivity contribution in [1.82, 2.24) is 0 Å². The summed E-state index contributed by atoms with van der Waals surface area (Å²) in [6.07, 6.45) is 4.77. The lowest BCUT2D eigenvalue weighted by atomic mass is 9.85. The quantitative estimate of drug-likeness (QED) is 0.786. The van der Waals surface area contributed by atoms with Crippen LogP contribution in [-0.4, -0.2) is 25.5 Å². The van der Waals surface area contributed by atoms with E-state index in [-0.39, 0.29) is 11.1 Å². The van der Waals surface area contributed by atoms with Crippen LogP contribution in [0.5, 0.6) is 0 Å². The number of carboxylic acids is 1. The Morgan fingerprint density at radius 1 is 1.33 bits per heavy atom. The van der Waals surface area contributed by atoms with Gasteiger partial charge < -0.3 is 9.53 Å². The molecule has 0 unspecified atom stereocenters. The van der Waals surface area contributed by atoms with Crippen LogP contribution in [0.1, 0.15) is 52.9 Å². The van der Waals surface area contributed by atoms with Crippen LogP contribution in [0.3, 0.4) is 0 Å². The predicted octanol–water partition coefficient (Wildman–Crippen LogP) is 4.04. The van der Waals surface area contributed by atoms with Crippen molar-refractivity contribution in [2.24, 2.45) is 5.92 Å². The van der Waals surface area contributed by atoms with Crippen molar-refractivity contribution in [1.29, 1.82) is 0 Å². The molecular weight excluding hydrogens is 244 g/mol. The summed E-state index contributed by atoms with van der Waals surface area (Å²) in [6.45, 7) is 11.3. The zero-order valence-corrected chi connectivity index (χ0v) is 13.5. The average Bonchev–Trinajstić information content (AvgIpc) is 2.14. The largest absolute Gasteiger partial charge is 0.481 e. The molecule has 2 atom stereocenters. The Balaban J connectivity index is 2.55. The molecule has 3 nitrogen and oxygen atoms in total. The molecule has 1 rings (SSSR count). The van der Waals surface area contributed by atoms with E-state index < -0.39 is 14.3 Å². The first kappa shape index (κ1) is 15.7. The van der Waals surface area contributed by atoms with Gasteiger partial charge in [0, 0.05) is 12.5 Å². The highest BCUT2D eigenvalue weighted by atomic mass is 28.4. The lowest BCUT2D eigenvalue weighted by Gasteiger charge is -2.41. The van der Waals surface area contributed by atoms with Crippen LogP contribution in [0.25, 0.3) is 0 Å². The van der Waals surface area contributed by atoms with Crippen molar-refractivity contribution < 1.29 is 14.3 Å². The number of hydrogen-bond acceptors (Lipinski definition) is 2. The van der Waals surface area contributed by atoms with Crippen LogP contribution in [0.2, 0.25) is 18.1 Å². The van der Waals surface area contributed by atoms with Gasteiger partial charge in [0.25, 0.3) is 0 Å². The molecular formula is C14H28O3Si. The van der Waals surface area contributed by atoms with Gasteiger partial charge in [-0.1, -0.05) is 27.2 Å². The fourth-order valence-electron chi connectivity index (χ4n) is 2.37. The molecule has 1 aliphatic rings. The molecule has 1 N–H and O–H groups in total. The summed E-state index contributed by atoms with van der Waals surface area (Å²) in [5.74, 6) is -0.362.